The average molecular weight is 166 g/mol. The Morgan fingerprint density at radius 1 is 1.25 bits per heavy atom. The summed E-state index contributed by atoms with van der Waals surface area (Å²) in [5.41, 5.74) is 9.18. The van der Waals surface area contributed by atoms with E-state index in [1.165, 1.54) is 0 Å². The molecule has 0 saturated carbocycles. The predicted octanol–water partition coefficient (Wildman–Crippen LogP) is 0.666. The molecule has 1 aromatic carbocycles. The van der Waals surface area contributed by atoms with Gasteiger partial charge in [-0.05, 0) is 5.56 Å². The Balaban J connectivity index is 2.16. The molecule has 0 radical (unpaired) electrons. The van der Waals surface area contributed by atoms with E-state index in [1.54, 1.807) is 0 Å². The number of benzene rings is 1. The van der Waals surface area contributed by atoms with Gasteiger partial charge in [0.2, 0.25) is 0 Å². The Kier molecular flexibility index (Phi) is 4.37. The third-order valence-electron chi connectivity index (χ3n) is 1.43. The van der Waals surface area contributed by atoms with Crippen LogP contribution in [0, 0.1) is 0 Å². The van der Waals surface area contributed by atoms with Gasteiger partial charge >= 0.3 is 0 Å². The first-order valence-electron chi connectivity index (χ1n) is 4.02. The molecule has 3 N–H and O–H groups in total. The molecule has 0 aliphatic heterocycles. The van der Waals surface area contributed by atoms with Crippen molar-refractivity contribution in [3.63, 3.8) is 0 Å². The van der Waals surface area contributed by atoms with E-state index < -0.39 is 0 Å². The number of nitrogens with one attached hydrogen (secondary N) is 1. The third-order valence-corrected chi connectivity index (χ3v) is 1.43. The highest BCUT2D eigenvalue weighted by atomic mass is 16.6. The van der Waals surface area contributed by atoms with Gasteiger partial charge in [0.15, 0.2) is 0 Å². The molecule has 1 rings (SSSR count). The second-order valence-electron chi connectivity index (χ2n) is 2.46. The second-order valence-corrected chi connectivity index (χ2v) is 2.46. The molecular formula is C9H14N2O. The zero-order valence-corrected chi connectivity index (χ0v) is 6.99. The van der Waals surface area contributed by atoms with Crippen LogP contribution in [0.25, 0.3) is 0 Å². The van der Waals surface area contributed by atoms with Gasteiger partial charge in [-0.3, -0.25) is 4.84 Å². The van der Waals surface area contributed by atoms with Crippen LogP contribution in [0.15, 0.2) is 30.3 Å². The van der Waals surface area contributed by atoms with Crippen molar-refractivity contribution in [2.45, 2.75) is 6.61 Å². The molecule has 0 fully saturated rings. The number of hydrogen-bond acceptors (Lipinski definition) is 3. The molecule has 0 aromatic heterocycles. The van der Waals surface area contributed by atoms with Crippen molar-refractivity contribution in [1.29, 1.82) is 0 Å². The van der Waals surface area contributed by atoms with Gasteiger partial charge in [0.05, 0.1) is 6.61 Å². The van der Waals surface area contributed by atoms with Crippen molar-refractivity contribution in [2.24, 2.45) is 5.73 Å². The summed E-state index contributed by atoms with van der Waals surface area (Å²) in [4.78, 5) is 5.13. The van der Waals surface area contributed by atoms with Crippen molar-refractivity contribution in [3.05, 3.63) is 35.9 Å². The molecule has 0 saturated heterocycles. The Bertz CT molecular complexity index is 201. The van der Waals surface area contributed by atoms with E-state index >= 15 is 0 Å². The van der Waals surface area contributed by atoms with Gasteiger partial charge in [-0.15, -0.1) is 0 Å². The molecule has 0 heterocycles. The lowest BCUT2D eigenvalue weighted by Crippen LogP contribution is -2.22. The Morgan fingerprint density at radius 3 is 2.67 bits per heavy atom. The first-order valence-corrected chi connectivity index (χ1v) is 4.02. The molecule has 12 heavy (non-hydrogen) atoms. The molecule has 66 valence electrons. The average Bonchev–Trinajstić information content (AvgIpc) is 2.14. The Hall–Kier alpha value is -0.900. The standard InChI is InChI=1S/C9H14N2O/c10-6-7-11-12-8-9-4-2-1-3-5-9/h1-5,11H,6-8,10H2. The predicted molar refractivity (Wildman–Crippen MR) is 48.3 cm³/mol. The van der Waals surface area contributed by atoms with Crippen LogP contribution in [0.3, 0.4) is 0 Å². The molecule has 0 aliphatic rings. The van der Waals surface area contributed by atoms with Crippen LogP contribution >= 0.6 is 0 Å². The summed E-state index contributed by atoms with van der Waals surface area (Å²) in [7, 11) is 0. The lowest BCUT2D eigenvalue weighted by molar-refractivity contribution is 0.0300. The lowest BCUT2D eigenvalue weighted by atomic mass is 10.2. The fourth-order valence-corrected chi connectivity index (χ4v) is 0.840. The van der Waals surface area contributed by atoms with Crippen molar-refractivity contribution in [1.82, 2.24) is 5.48 Å². The van der Waals surface area contributed by atoms with E-state index in [0.717, 1.165) is 5.56 Å². The molecule has 0 unspecified atom stereocenters. The van der Waals surface area contributed by atoms with Gasteiger partial charge in [0.1, 0.15) is 0 Å². The first-order chi connectivity index (χ1) is 5.93. The molecule has 0 bridgehead atoms. The van der Waals surface area contributed by atoms with Crippen LogP contribution in [0.5, 0.6) is 0 Å². The molecule has 0 atom stereocenters. The molecular weight excluding hydrogens is 152 g/mol. The lowest BCUT2D eigenvalue weighted by Gasteiger charge is -2.03. The van der Waals surface area contributed by atoms with Crippen molar-refractivity contribution in [3.8, 4) is 0 Å². The fraction of sp³-hybridized carbons (Fsp3) is 0.333. The zero-order valence-electron chi connectivity index (χ0n) is 6.99. The summed E-state index contributed by atoms with van der Waals surface area (Å²) in [5.74, 6) is 0. The first kappa shape index (κ1) is 9.19. The maximum Gasteiger partial charge on any atom is 0.0933 e. The third kappa shape index (κ3) is 3.48. The summed E-state index contributed by atoms with van der Waals surface area (Å²) < 4.78 is 0. The van der Waals surface area contributed by atoms with E-state index in [9.17, 15) is 0 Å². The summed E-state index contributed by atoms with van der Waals surface area (Å²) >= 11 is 0. The summed E-state index contributed by atoms with van der Waals surface area (Å²) in [6.07, 6.45) is 0. The van der Waals surface area contributed by atoms with E-state index in [-0.39, 0.29) is 0 Å². The minimum atomic E-state index is 0.584. The van der Waals surface area contributed by atoms with Crippen LogP contribution in [0.1, 0.15) is 5.56 Å². The van der Waals surface area contributed by atoms with Gasteiger partial charge in [0.25, 0.3) is 0 Å². The van der Waals surface area contributed by atoms with E-state index in [4.69, 9.17) is 10.6 Å². The smallest absolute Gasteiger partial charge is 0.0933 e. The minimum absolute atomic E-state index is 0.584. The van der Waals surface area contributed by atoms with Crippen molar-refractivity contribution >= 4 is 0 Å². The van der Waals surface area contributed by atoms with E-state index in [1.807, 2.05) is 30.3 Å². The van der Waals surface area contributed by atoms with Crippen molar-refractivity contribution < 1.29 is 4.84 Å². The zero-order chi connectivity index (χ0) is 8.65. The van der Waals surface area contributed by atoms with Gasteiger partial charge in [0, 0.05) is 13.1 Å². The van der Waals surface area contributed by atoms with Gasteiger partial charge in [-0.1, -0.05) is 30.3 Å². The van der Waals surface area contributed by atoms with Gasteiger partial charge in [-0.25, -0.2) is 5.48 Å². The van der Waals surface area contributed by atoms with Crippen LogP contribution in [-0.2, 0) is 11.4 Å². The summed E-state index contributed by atoms with van der Waals surface area (Å²) in [5, 5.41) is 0. The molecule has 0 aliphatic carbocycles. The molecule has 0 spiro atoms. The topological polar surface area (TPSA) is 47.3 Å². The number of hydroxylamine groups is 1. The maximum atomic E-state index is 5.27. The summed E-state index contributed by atoms with van der Waals surface area (Å²) in [6, 6.07) is 9.99. The Morgan fingerprint density at radius 2 is 2.00 bits per heavy atom. The highest BCUT2D eigenvalue weighted by Crippen LogP contribution is 1.98. The van der Waals surface area contributed by atoms with Crippen LogP contribution in [0.4, 0.5) is 0 Å². The Labute approximate surface area is 72.5 Å². The minimum Gasteiger partial charge on any atom is -0.329 e. The summed E-state index contributed by atoms with van der Waals surface area (Å²) in [6.45, 7) is 1.86. The fourth-order valence-electron chi connectivity index (χ4n) is 0.840. The largest absolute Gasteiger partial charge is 0.329 e. The van der Waals surface area contributed by atoms with Crippen LogP contribution < -0.4 is 11.2 Å². The monoisotopic (exact) mass is 166 g/mol. The van der Waals surface area contributed by atoms with Crippen LogP contribution in [0.2, 0.25) is 0 Å². The van der Waals surface area contributed by atoms with Crippen LogP contribution in [-0.4, -0.2) is 13.1 Å². The highest BCUT2D eigenvalue weighted by molar-refractivity contribution is 5.13. The highest BCUT2D eigenvalue weighted by Gasteiger charge is 1.89. The second kappa shape index (κ2) is 5.71. The van der Waals surface area contributed by atoms with E-state index in [2.05, 4.69) is 5.48 Å². The number of hydrogen-bond donors (Lipinski definition) is 2. The molecule has 3 heteroatoms. The molecule has 1 aromatic rings. The normalized spacial score (nSPS) is 10.1. The quantitative estimate of drug-likeness (QED) is 0.499. The van der Waals surface area contributed by atoms with Crippen molar-refractivity contribution in [2.75, 3.05) is 13.1 Å². The van der Waals surface area contributed by atoms with E-state index in [0.29, 0.717) is 19.7 Å². The number of rotatable bonds is 5. The molecule has 3 nitrogen and oxygen atoms in total. The molecule has 0 amide bonds. The van der Waals surface area contributed by atoms with Gasteiger partial charge < -0.3 is 5.73 Å². The SMILES string of the molecule is NCCNOCc1ccccc1. The number of nitrogens with two attached hydrogens (primary N) is 1. The maximum absolute atomic E-state index is 5.27. The van der Waals surface area contributed by atoms with Gasteiger partial charge in [-0.2, -0.15) is 0 Å².